The number of carbonyl (C=O) groups is 1. The number of nitro groups is 1. The summed E-state index contributed by atoms with van der Waals surface area (Å²) in [6.45, 7) is 0. The number of carboxylic acid groups (broad SMARTS) is 1. The molecule has 0 unspecified atom stereocenters. The smallest absolute Gasteiger partial charge is 0.337 e. The van der Waals surface area contributed by atoms with Crippen LogP contribution in [-0.4, -0.2) is 41.8 Å². The number of nitro benzene ring substituents is 1. The van der Waals surface area contributed by atoms with Gasteiger partial charge in [0.15, 0.2) is 0 Å². The Kier molecular flexibility index (Phi) is 3.48. The van der Waals surface area contributed by atoms with Gasteiger partial charge in [-0.1, -0.05) is 0 Å². The summed E-state index contributed by atoms with van der Waals surface area (Å²) in [6, 6.07) is 2.59. The normalized spacial score (nSPS) is 15.3. The zero-order chi connectivity index (χ0) is 15.1. The molecule has 1 aromatic carbocycles. The monoisotopic (exact) mass is 300 g/mol. The van der Waals surface area contributed by atoms with E-state index in [1.165, 1.54) is 7.05 Å². The Morgan fingerprint density at radius 1 is 1.45 bits per heavy atom. The summed E-state index contributed by atoms with van der Waals surface area (Å²) in [5, 5.41) is 19.7. The molecule has 9 heteroatoms. The summed E-state index contributed by atoms with van der Waals surface area (Å²) in [5.74, 6) is -1.52. The van der Waals surface area contributed by atoms with Gasteiger partial charge in [0.1, 0.15) is 0 Å². The zero-order valence-electron chi connectivity index (χ0n) is 10.5. The van der Waals surface area contributed by atoms with Crippen molar-refractivity contribution in [3.63, 3.8) is 0 Å². The lowest BCUT2D eigenvalue weighted by Gasteiger charge is -2.17. The Labute approximate surface area is 114 Å². The highest BCUT2D eigenvalue weighted by molar-refractivity contribution is 7.89. The van der Waals surface area contributed by atoms with Crippen molar-refractivity contribution in [2.24, 2.45) is 0 Å². The van der Waals surface area contributed by atoms with Gasteiger partial charge < -0.3 is 5.11 Å². The van der Waals surface area contributed by atoms with Crippen molar-refractivity contribution in [2.75, 3.05) is 7.05 Å². The molecule has 0 spiro atoms. The van der Waals surface area contributed by atoms with E-state index in [1.807, 2.05) is 0 Å². The molecule has 8 nitrogen and oxygen atoms in total. The molecular formula is C11H12N2O6S. The van der Waals surface area contributed by atoms with E-state index in [9.17, 15) is 23.3 Å². The van der Waals surface area contributed by atoms with Crippen molar-refractivity contribution < 1.29 is 23.2 Å². The zero-order valence-corrected chi connectivity index (χ0v) is 11.3. The Morgan fingerprint density at radius 3 is 2.50 bits per heavy atom. The molecular weight excluding hydrogens is 288 g/mol. The molecule has 0 heterocycles. The average Bonchev–Trinajstić information content (AvgIpc) is 3.21. The highest BCUT2D eigenvalue weighted by Gasteiger charge is 2.37. The lowest BCUT2D eigenvalue weighted by Crippen LogP contribution is -2.30. The maximum atomic E-state index is 12.3. The quantitative estimate of drug-likeness (QED) is 0.642. The number of non-ortho nitro benzene ring substituents is 1. The fraction of sp³-hybridized carbons (Fsp3) is 0.364. The molecule has 0 atom stereocenters. The van der Waals surface area contributed by atoms with E-state index in [2.05, 4.69) is 0 Å². The third-order valence-corrected chi connectivity index (χ3v) is 5.09. The van der Waals surface area contributed by atoms with Crippen LogP contribution in [0.15, 0.2) is 23.1 Å². The predicted octanol–water partition coefficient (Wildman–Crippen LogP) is 1.08. The predicted molar refractivity (Wildman–Crippen MR) is 68.0 cm³/mol. The number of benzene rings is 1. The Hall–Kier alpha value is -2.00. The van der Waals surface area contributed by atoms with Crippen LogP contribution in [0.5, 0.6) is 0 Å². The number of carboxylic acids is 1. The second-order valence-corrected chi connectivity index (χ2v) is 6.46. The van der Waals surface area contributed by atoms with Crippen molar-refractivity contribution in [2.45, 2.75) is 23.8 Å². The van der Waals surface area contributed by atoms with Crippen molar-refractivity contribution in [3.8, 4) is 0 Å². The van der Waals surface area contributed by atoms with E-state index >= 15 is 0 Å². The Morgan fingerprint density at radius 2 is 2.05 bits per heavy atom. The molecule has 0 radical (unpaired) electrons. The molecule has 1 aliphatic rings. The largest absolute Gasteiger partial charge is 0.478 e. The van der Waals surface area contributed by atoms with Gasteiger partial charge in [0.25, 0.3) is 5.69 Å². The van der Waals surface area contributed by atoms with Gasteiger partial charge in [-0.25, -0.2) is 13.2 Å². The minimum Gasteiger partial charge on any atom is -0.478 e. The topological polar surface area (TPSA) is 118 Å². The van der Waals surface area contributed by atoms with Crippen LogP contribution in [0, 0.1) is 10.1 Å². The number of rotatable bonds is 5. The lowest BCUT2D eigenvalue weighted by atomic mass is 10.2. The van der Waals surface area contributed by atoms with Gasteiger partial charge in [0.2, 0.25) is 10.0 Å². The fourth-order valence-corrected chi connectivity index (χ4v) is 3.39. The SMILES string of the molecule is CN(C1CC1)S(=O)(=O)c1ccc([N+](=O)[O-])cc1C(=O)O. The first-order valence-corrected chi connectivity index (χ1v) is 7.19. The van der Waals surface area contributed by atoms with E-state index in [0.29, 0.717) is 0 Å². The molecule has 20 heavy (non-hydrogen) atoms. The van der Waals surface area contributed by atoms with Crippen molar-refractivity contribution in [1.82, 2.24) is 4.31 Å². The molecule has 1 aromatic rings. The van der Waals surface area contributed by atoms with E-state index in [-0.39, 0.29) is 6.04 Å². The van der Waals surface area contributed by atoms with Gasteiger partial charge in [-0.15, -0.1) is 0 Å². The summed E-state index contributed by atoms with van der Waals surface area (Å²) in [7, 11) is -2.59. The molecule has 1 aliphatic carbocycles. The third-order valence-electron chi connectivity index (χ3n) is 3.12. The molecule has 1 fully saturated rings. The second-order valence-electron chi connectivity index (χ2n) is 4.50. The molecule has 0 aliphatic heterocycles. The molecule has 1 saturated carbocycles. The first-order valence-electron chi connectivity index (χ1n) is 5.75. The third kappa shape index (κ3) is 2.49. The van der Waals surface area contributed by atoms with Gasteiger partial charge in [0.05, 0.1) is 15.4 Å². The maximum absolute atomic E-state index is 12.3. The Bertz CT molecular complexity index is 680. The first kappa shape index (κ1) is 14.4. The first-order chi connectivity index (χ1) is 9.25. The molecule has 0 bridgehead atoms. The van der Waals surface area contributed by atoms with Crippen molar-refractivity contribution in [1.29, 1.82) is 0 Å². The number of hydrogen-bond acceptors (Lipinski definition) is 5. The number of aromatic carboxylic acids is 1. The van der Waals surface area contributed by atoms with Gasteiger partial charge in [-0.3, -0.25) is 10.1 Å². The highest BCUT2D eigenvalue weighted by atomic mass is 32.2. The van der Waals surface area contributed by atoms with Crippen LogP contribution >= 0.6 is 0 Å². The Balaban J connectivity index is 2.55. The molecule has 0 amide bonds. The number of hydrogen-bond donors (Lipinski definition) is 1. The molecule has 108 valence electrons. The van der Waals surface area contributed by atoms with Gasteiger partial charge in [-0.2, -0.15) is 4.31 Å². The van der Waals surface area contributed by atoms with E-state index in [1.54, 1.807) is 0 Å². The maximum Gasteiger partial charge on any atom is 0.337 e. The summed E-state index contributed by atoms with van der Waals surface area (Å²) < 4.78 is 25.7. The minimum absolute atomic E-state index is 0.128. The van der Waals surface area contributed by atoms with Crippen LogP contribution in [0.1, 0.15) is 23.2 Å². The molecule has 1 N–H and O–H groups in total. The lowest BCUT2D eigenvalue weighted by molar-refractivity contribution is -0.384. The average molecular weight is 300 g/mol. The van der Waals surface area contributed by atoms with Crippen LogP contribution in [0.2, 0.25) is 0 Å². The van der Waals surface area contributed by atoms with E-state index < -0.39 is 37.1 Å². The van der Waals surface area contributed by atoms with Crippen LogP contribution in [0.25, 0.3) is 0 Å². The van der Waals surface area contributed by atoms with Gasteiger partial charge in [0, 0.05) is 25.2 Å². The van der Waals surface area contributed by atoms with Gasteiger partial charge >= 0.3 is 5.97 Å². The van der Waals surface area contributed by atoms with Crippen LogP contribution < -0.4 is 0 Å². The highest BCUT2D eigenvalue weighted by Crippen LogP contribution is 2.32. The van der Waals surface area contributed by atoms with E-state index in [4.69, 9.17) is 5.11 Å². The van der Waals surface area contributed by atoms with Crippen molar-refractivity contribution in [3.05, 3.63) is 33.9 Å². The minimum atomic E-state index is -3.96. The molecule has 0 saturated heterocycles. The van der Waals surface area contributed by atoms with Crippen LogP contribution in [0.3, 0.4) is 0 Å². The van der Waals surface area contributed by atoms with Crippen LogP contribution in [0.4, 0.5) is 5.69 Å². The summed E-state index contributed by atoms with van der Waals surface area (Å²) in [5.41, 5.74) is -1.05. The van der Waals surface area contributed by atoms with Gasteiger partial charge in [-0.05, 0) is 18.9 Å². The van der Waals surface area contributed by atoms with Crippen LogP contribution in [-0.2, 0) is 10.0 Å². The van der Waals surface area contributed by atoms with Crippen molar-refractivity contribution >= 4 is 21.7 Å². The summed E-state index contributed by atoms with van der Waals surface area (Å²) >= 11 is 0. The molecule has 0 aromatic heterocycles. The number of sulfonamides is 1. The standard InChI is InChI=1S/C11H12N2O6S/c1-12(7-2-3-7)20(18,19)10-5-4-8(13(16)17)6-9(10)11(14)15/h4-7H,2-3H2,1H3,(H,14,15). The fourth-order valence-electron chi connectivity index (χ4n) is 1.81. The summed E-state index contributed by atoms with van der Waals surface area (Å²) in [6.07, 6.45) is 1.45. The molecule has 2 rings (SSSR count). The van der Waals surface area contributed by atoms with E-state index in [0.717, 1.165) is 35.3 Å². The summed E-state index contributed by atoms with van der Waals surface area (Å²) in [4.78, 5) is 20.6. The second kappa shape index (κ2) is 4.84. The number of nitrogens with zero attached hydrogens (tertiary/aromatic N) is 2.